The van der Waals surface area contributed by atoms with E-state index in [0.717, 1.165) is 5.39 Å². The number of pyridine rings is 1. The molecule has 26 heavy (non-hydrogen) atoms. The van der Waals surface area contributed by atoms with Crippen LogP contribution in [0.15, 0.2) is 36.5 Å². The highest BCUT2D eigenvalue weighted by molar-refractivity contribution is 7.91. The highest BCUT2D eigenvalue weighted by Gasteiger charge is 2.48. The summed E-state index contributed by atoms with van der Waals surface area (Å²) in [7, 11) is -3.04. The molecule has 2 N–H and O–H groups in total. The Kier molecular flexibility index (Phi) is 4.14. The van der Waals surface area contributed by atoms with Gasteiger partial charge in [0.1, 0.15) is 0 Å². The molecule has 0 radical (unpaired) electrons. The molecule has 7 nitrogen and oxygen atoms in total. The second-order valence-electron chi connectivity index (χ2n) is 6.93. The number of carbonyl (C=O) groups excluding carboxylic acids is 2. The predicted octanol–water partition coefficient (Wildman–Crippen LogP) is 1.11. The minimum Gasteiger partial charge on any atom is -0.352 e. The first-order valence-electron chi connectivity index (χ1n) is 8.58. The number of aromatic nitrogens is 1. The Morgan fingerprint density at radius 3 is 2.62 bits per heavy atom. The van der Waals surface area contributed by atoms with E-state index >= 15 is 0 Å². The number of para-hydroxylation sites is 1. The molecule has 1 aliphatic heterocycles. The van der Waals surface area contributed by atoms with Gasteiger partial charge in [0.25, 0.3) is 0 Å². The first kappa shape index (κ1) is 17.0. The van der Waals surface area contributed by atoms with Gasteiger partial charge in [-0.25, -0.2) is 8.42 Å². The van der Waals surface area contributed by atoms with Crippen LogP contribution in [0.4, 0.5) is 5.69 Å². The molecule has 2 heterocycles. The number of rotatable bonds is 4. The van der Waals surface area contributed by atoms with Gasteiger partial charge < -0.3 is 10.6 Å². The van der Waals surface area contributed by atoms with Crippen molar-refractivity contribution in [1.29, 1.82) is 0 Å². The molecule has 1 aliphatic carbocycles. The normalized spacial score (nSPS) is 26.4. The van der Waals surface area contributed by atoms with Gasteiger partial charge in [-0.2, -0.15) is 0 Å². The highest BCUT2D eigenvalue weighted by atomic mass is 32.2. The average Bonchev–Trinajstić information content (AvgIpc) is 3.34. The number of hydrogen-bond acceptors (Lipinski definition) is 5. The van der Waals surface area contributed by atoms with Crippen LogP contribution >= 0.6 is 0 Å². The Labute approximate surface area is 151 Å². The maximum absolute atomic E-state index is 12.5. The molecule has 2 aliphatic rings. The zero-order valence-corrected chi connectivity index (χ0v) is 14.8. The van der Waals surface area contributed by atoms with Crippen LogP contribution in [0.5, 0.6) is 0 Å². The summed E-state index contributed by atoms with van der Waals surface area (Å²) in [5.41, 5.74) is 1.34. The van der Waals surface area contributed by atoms with Crippen molar-refractivity contribution >= 4 is 38.2 Å². The van der Waals surface area contributed by atoms with Gasteiger partial charge in [0, 0.05) is 17.6 Å². The lowest BCUT2D eigenvalue weighted by Gasteiger charge is -2.11. The Balaban J connectivity index is 1.37. The molecule has 2 aromatic rings. The van der Waals surface area contributed by atoms with Crippen LogP contribution in [0.3, 0.4) is 0 Å². The van der Waals surface area contributed by atoms with Gasteiger partial charge in [0.15, 0.2) is 9.84 Å². The Bertz CT molecular complexity index is 984. The second-order valence-corrected chi connectivity index (χ2v) is 9.16. The number of nitrogens with zero attached hydrogens (tertiary/aromatic N) is 1. The molecular weight excluding hydrogens is 354 g/mol. The van der Waals surface area contributed by atoms with Gasteiger partial charge in [-0.3, -0.25) is 14.6 Å². The second kappa shape index (κ2) is 6.35. The zero-order chi connectivity index (χ0) is 18.3. The van der Waals surface area contributed by atoms with Crippen LogP contribution in [0.1, 0.15) is 12.8 Å². The third-order valence-electron chi connectivity index (χ3n) is 4.93. The van der Waals surface area contributed by atoms with Crippen LogP contribution in [0.2, 0.25) is 0 Å². The minimum atomic E-state index is -3.04. The molecule has 0 spiro atoms. The first-order valence-corrected chi connectivity index (χ1v) is 10.4. The largest absolute Gasteiger partial charge is 0.352 e. The van der Waals surface area contributed by atoms with E-state index in [-0.39, 0.29) is 41.2 Å². The van der Waals surface area contributed by atoms with E-state index in [2.05, 4.69) is 15.6 Å². The van der Waals surface area contributed by atoms with Crippen molar-refractivity contribution in [3.8, 4) is 0 Å². The Morgan fingerprint density at radius 2 is 1.85 bits per heavy atom. The number of carbonyl (C=O) groups is 2. The third kappa shape index (κ3) is 3.41. The number of benzene rings is 1. The van der Waals surface area contributed by atoms with Crippen molar-refractivity contribution in [3.05, 3.63) is 36.5 Å². The summed E-state index contributed by atoms with van der Waals surface area (Å²) in [6, 6.07) is 8.96. The maximum Gasteiger partial charge on any atom is 0.228 e. The van der Waals surface area contributed by atoms with Crippen molar-refractivity contribution in [2.24, 2.45) is 11.8 Å². The summed E-state index contributed by atoms with van der Waals surface area (Å²) in [6.45, 7) is 0. The molecule has 1 saturated carbocycles. The fourth-order valence-electron chi connectivity index (χ4n) is 3.42. The van der Waals surface area contributed by atoms with Gasteiger partial charge in [-0.1, -0.05) is 18.2 Å². The lowest BCUT2D eigenvalue weighted by Crippen LogP contribution is -2.37. The van der Waals surface area contributed by atoms with Crippen molar-refractivity contribution in [3.63, 3.8) is 0 Å². The van der Waals surface area contributed by atoms with E-state index in [1.165, 1.54) is 0 Å². The monoisotopic (exact) mass is 373 g/mol. The van der Waals surface area contributed by atoms with Gasteiger partial charge in [-0.05, 0) is 25.0 Å². The van der Waals surface area contributed by atoms with Gasteiger partial charge in [0.05, 0.1) is 34.5 Å². The smallest absolute Gasteiger partial charge is 0.228 e. The molecule has 1 aromatic heterocycles. The standard InChI is InChI=1S/C18H19N3O4S/c22-17(20-12-6-8-26(24,25)10-12)13-9-14(13)18(23)21-15-5-1-3-11-4-2-7-19-16(11)15/h1-5,7,12-14H,6,8-10H2,(H,20,22)(H,21,23). The Hall–Kier alpha value is -2.48. The van der Waals surface area contributed by atoms with Crippen LogP contribution in [0, 0.1) is 11.8 Å². The molecule has 3 unspecified atom stereocenters. The summed E-state index contributed by atoms with van der Waals surface area (Å²) in [6.07, 6.45) is 2.59. The van der Waals surface area contributed by atoms with E-state index < -0.39 is 9.84 Å². The summed E-state index contributed by atoms with van der Waals surface area (Å²) in [5.74, 6) is -1.11. The summed E-state index contributed by atoms with van der Waals surface area (Å²) in [5, 5.41) is 6.55. The fourth-order valence-corrected chi connectivity index (χ4v) is 5.10. The van der Waals surface area contributed by atoms with Crippen LogP contribution in [-0.2, 0) is 19.4 Å². The highest BCUT2D eigenvalue weighted by Crippen LogP contribution is 2.40. The number of sulfone groups is 1. The minimum absolute atomic E-state index is 0.00992. The SMILES string of the molecule is O=C(Nc1cccc2cccnc12)C1CC1C(=O)NC1CCS(=O)(=O)C1. The average molecular weight is 373 g/mol. The molecule has 4 rings (SSSR count). The molecule has 1 aromatic carbocycles. The lowest BCUT2D eigenvalue weighted by molar-refractivity contribution is -0.125. The molecule has 136 valence electrons. The van der Waals surface area contributed by atoms with Crippen molar-refractivity contribution < 1.29 is 18.0 Å². The number of nitrogens with one attached hydrogen (secondary N) is 2. The van der Waals surface area contributed by atoms with Crippen molar-refractivity contribution in [1.82, 2.24) is 10.3 Å². The summed E-state index contributed by atoms with van der Waals surface area (Å²) in [4.78, 5) is 29.0. The molecule has 1 saturated heterocycles. The molecule has 8 heteroatoms. The molecule has 2 fully saturated rings. The van der Waals surface area contributed by atoms with E-state index in [4.69, 9.17) is 0 Å². The zero-order valence-electron chi connectivity index (χ0n) is 14.0. The predicted molar refractivity (Wildman–Crippen MR) is 97.2 cm³/mol. The van der Waals surface area contributed by atoms with E-state index in [0.29, 0.717) is 24.0 Å². The molecular formula is C18H19N3O4S. The Morgan fingerprint density at radius 1 is 1.08 bits per heavy atom. The number of fused-ring (bicyclic) bond motifs is 1. The van der Waals surface area contributed by atoms with E-state index in [1.54, 1.807) is 12.3 Å². The quantitative estimate of drug-likeness (QED) is 0.835. The van der Waals surface area contributed by atoms with Crippen LogP contribution in [0.25, 0.3) is 10.9 Å². The third-order valence-corrected chi connectivity index (χ3v) is 6.70. The van der Waals surface area contributed by atoms with Crippen molar-refractivity contribution in [2.75, 3.05) is 16.8 Å². The van der Waals surface area contributed by atoms with Gasteiger partial charge >= 0.3 is 0 Å². The molecule has 3 atom stereocenters. The lowest BCUT2D eigenvalue weighted by atomic mass is 10.2. The number of anilines is 1. The molecule has 2 amide bonds. The van der Waals surface area contributed by atoms with E-state index in [1.807, 2.05) is 24.3 Å². The first-order chi connectivity index (χ1) is 12.4. The van der Waals surface area contributed by atoms with Crippen LogP contribution < -0.4 is 10.6 Å². The van der Waals surface area contributed by atoms with Crippen molar-refractivity contribution in [2.45, 2.75) is 18.9 Å². The number of hydrogen-bond donors (Lipinski definition) is 2. The van der Waals surface area contributed by atoms with E-state index in [9.17, 15) is 18.0 Å². The van der Waals surface area contributed by atoms with Gasteiger partial charge in [0.2, 0.25) is 11.8 Å². The number of amides is 2. The molecule has 0 bridgehead atoms. The van der Waals surface area contributed by atoms with Crippen LogP contribution in [-0.4, -0.2) is 42.8 Å². The maximum atomic E-state index is 12.5. The topological polar surface area (TPSA) is 105 Å². The fraction of sp³-hybridized carbons (Fsp3) is 0.389. The van der Waals surface area contributed by atoms with Gasteiger partial charge in [-0.15, -0.1) is 0 Å². The summed E-state index contributed by atoms with van der Waals surface area (Å²) >= 11 is 0. The summed E-state index contributed by atoms with van der Waals surface area (Å²) < 4.78 is 22.9.